The summed E-state index contributed by atoms with van der Waals surface area (Å²) < 4.78 is 1.90. The summed E-state index contributed by atoms with van der Waals surface area (Å²) in [6.07, 6.45) is 1.75. The molecule has 3 rings (SSSR count). The van der Waals surface area contributed by atoms with Crippen LogP contribution in [-0.4, -0.2) is 14.5 Å². The average Bonchev–Trinajstić information content (AvgIpc) is 2.78. The van der Waals surface area contributed by atoms with Gasteiger partial charge in [0.15, 0.2) is 5.65 Å². The smallest absolute Gasteiger partial charge is 0.164 e. The topological polar surface area (TPSA) is 30.7 Å². The zero-order valence-electron chi connectivity index (χ0n) is 11.4. The fourth-order valence-corrected chi connectivity index (χ4v) is 2.96. The maximum atomic E-state index is 6.28. The number of hydrogen-bond acceptors (Lipinski definition) is 2. The van der Waals surface area contributed by atoms with Gasteiger partial charge in [-0.2, -0.15) is 0 Å². The van der Waals surface area contributed by atoms with Gasteiger partial charge in [0, 0.05) is 16.2 Å². The summed E-state index contributed by atoms with van der Waals surface area (Å²) in [7, 11) is 0. The Labute approximate surface area is 137 Å². The van der Waals surface area contributed by atoms with Crippen molar-refractivity contribution >= 4 is 46.0 Å². The zero-order chi connectivity index (χ0) is 15.1. The monoisotopic (exact) mass is 339 g/mol. The van der Waals surface area contributed by atoms with E-state index in [1.54, 1.807) is 12.3 Å². The van der Waals surface area contributed by atoms with Crippen LogP contribution in [0.25, 0.3) is 16.9 Å². The quantitative estimate of drug-likeness (QED) is 0.590. The van der Waals surface area contributed by atoms with Gasteiger partial charge < -0.3 is 0 Å². The summed E-state index contributed by atoms with van der Waals surface area (Å²) in [5, 5.41) is 0.844. The third-order valence-corrected chi connectivity index (χ3v) is 3.87. The van der Waals surface area contributed by atoms with E-state index in [4.69, 9.17) is 34.8 Å². The molecule has 0 amide bonds. The number of aryl methyl sites for hydroxylation is 1. The first-order valence-electron chi connectivity index (χ1n) is 6.42. The van der Waals surface area contributed by atoms with Crippen LogP contribution in [0, 0.1) is 6.92 Å². The molecule has 0 N–H and O–H groups in total. The summed E-state index contributed by atoms with van der Waals surface area (Å²) in [5.41, 5.74) is 3.42. The summed E-state index contributed by atoms with van der Waals surface area (Å²) in [6.45, 7) is 3.87. The molecule has 3 aromatic rings. The minimum absolute atomic E-state index is 0.267. The van der Waals surface area contributed by atoms with Gasteiger partial charge in [0.05, 0.1) is 11.1 Å². The molecule has 0 bridgehead atoms. The van der Waals surface area contributed by atoms with E-state index in [0.29, 0.717) is 15.9 Å². The molecule has 6 heteroatoms. The van der Waals surface area contributed by atoms with Gasteiger partial charge >= 0.3 is 0 Å². The normalized spacial score (nSPS) is 12.8. The first-order chi connectivity index (χ1) is 9.97. The second-order valence-corrected chi connectivity index (χ2v) is 6.38. The maximum Gasteiger partial charge on any atom is 0.164 e. The fraction of sp³-hybridized carbons (Fsp3) is 0.200. The predicted octanol–water partition coefficient (Wildman–Crippen LogP) is 5.34. The van der Waals surface area contributed by atoms with Crippen LogP contribution in [-0.2, 0) is 0 Å². The Morgan fingerprint density at radius 3 is 2.43 bits per heavy atom. The highest BCUT2D eigenvalue weighted by atomic mass is 35.5. The molecular formula is C15H12Cl3N3. The first kappa shape index (κ1) is 14.6. The number of halogens is 3. The lowest BCUT2D eigenvalue weighted by Crippen LogP contribution is -2.02. The Morgan fingerprint density at radius 2 is 1.81 bits per heavy atom. The standard InChI is InChI=1S/C15H12Cl3N3/c1-8-3-4-19-15-13(8)20-14(9(2)16)21(15)12-6-10(17)5-11(18)7-12/h3-7,9H,1-2H3. The molecule has 0 spiro atoms. The number of aromatic nitrogens is 3. The van der Waals surface area contributed by atoms with E-state index in [1.807, 2.05) is 36.6 Å². The Hall–Kier alpha value is -1.29. The first-order valence-corrected chi connectivity index (χ1v) is 7.61. The summed E-state index contributed by atoms with van der Waals surface area (Å²) in [4.78, 5) is 9.07. The van der Waals surface area contributed by atoms with Crippen molar-refractivity contribution in [1.82, 2.24) is 14.5 Å². The summed E-state index contributed by atoms with van der Waals surface area (Å²) in [6, 6.07) is 7.25. The number of rotatable bonds is 2. The molecule has 2 aromatic heterocycles. The molecule has 1 atom stereocenters. The highest BCUT2D eigenvalue weighted by Crippen LogP contribution is 2.30. The number of benzene rings is 1. The molecule has 1 aromatic carbocycles. The van der Waals surface area contributed by atoms with Crippen molar-refractivity contribution in [3.05, 3.63) is 51.9 Å². The number of nitrogens with zero attached hydrogens (tertiary/aromatic N) is 3. The number of hydrogen-bond donors (Lipinski definition) is 0. The van der Waals surface area contributed by atoms with Gasteiger partial charge in [0.25, 0.3) is 0 Å². The van der Waals surface area contributed by atoms with E-state index >= 15 is 0 Å². The molecule has 108 valence electrons. The van der Waals surface area contributed by atoms with Crippen molar-refractivity contribution in [1.29, 1.82) is 0 Å². The summed E-state index contributed by atoms with van der Waals surface area (Å²) in [5.74, 6) is 0.715. The SMILES string of the molecule is Cc1ccnc2c1nc(C(C)Cl)n2-c1cc(Cl)cc(Cl)c1. The van der Waals surface area contributed by atoms with Crippen LogP contribution in [0.5, 0.6) is 0 Å². The molecule has 0 aliphatic heterocycles. The minimum Gasteiger partial charge on any atom is -0.279 e. The van der Waals surface area contributed by atoms with Crippen LogP contribution < -0.4 is 0 Å². The van der Waals surface area contributed by atoms with Crippen molar-refractivity contribution in [3.8, 4) is 5.69 Å². The number of imidazole rings is 1. The fourth-order valence-electron chi connectivity index (χ4n) is 2.30. The van der Waals surface area contributed by atoms with Crippen LogP contribution in [0.15, 0.2) is 30.5 Å². The number of pyridine rings is 1. The van der Waals surface area contributed by atoms with E-state index in [1.165, 1.54) is 0 Å². The minimum atomic E-state index is -0.267. The van der Waals surface area contributed by atoms with E-state index in [9.17, 15) is 0 Å². The Morgan fingerprint density at radius 1 is 1.14 bits per heavy atom. The molecule has 2 heterocycles. The van der Waals surface area contributed by atoms with Crippen LogP contribution in [0.4, 0.5) is 0 Å². The van der Waals surface area contributed by atoms with Crippen molar-refractivity contribution in [2.75, 3.05) is 0 Å². The van der Waals surface area contributed by atoms with Gasteiger partial charge in [-0.25, -0.2) is 9.97 Å². The second kappa shape index (κ2) is 5.48. The Bertz CT molecular complexity index is 804. The molecule has 1 unspecified atom stereocenters. The van der Waals surface area contributed by atoms with E-state index in [0.717, 1.165) is 22.4 Å². The molecule has 21 heavy (non-hydrogen) atoms. The van der Waals surface area contributed by atoms with E-state index in [2.05, 4.69) is 9.97 Å². The number of alkyl halides is 1. The van der Waals surface area contributed by atoms with Gasteiger partial charge in [0.2, 0.25) is 0 Å². The maximum absolute atomic E-state index is 6.28. The molecule has 0 radical (unpaired) electrons. The van der Waals surface area contributed by atoms with E-state index < -0.39 is 0 Å². The van der Waals surface area contributed by atoms with Gasteiger partial charge in [0.1, 0.15) is 11.3 Å². The third kappa shape index (κ3) is 2.61. The number of fused-ring (bicyclic) bond motifs is 1. The molecular weight excluding hydrogens is 329 g/mol. The lowest BCUT2D eigenvalue weighted by atomic mass is 10.2. The molecule has 0 fully saturated rings. The van der Waals surface area contributed by atoms with Crippen LogP contribution >= 0.6 is 34.8 Å². The lowest BCUT2D eigenvalue weighted by molar-refractivity contribution is 0.877. The largest absolute Gasteiger partial charge is 0.279 e. The van der Waals surface area contributed by atoms with Gasteiger partial charge in [-0.05, 0) is 43.7 Å². The van der Waals surface area contributed by atoms with Crippen molar-refractivity contribution in [2.24, 2.45) is 0 Å². The van der Waals surface area contributed by atoms with Crippen molar-refractivity contribution in [3.63, 3.8) is 0 Å². The molecule has 0 aliphatic carbocycles. The highest BCUT2D eigenvalue weighted by Gasteiger charge is 2.18. The Kier molecular flexibility index (Phi) is 3.82. The molecule has 0 saturated heterocycles. The van der Waals surface area contributed by atoms with Crippen LogP contribution in [0.3, 0.4) is 0 Å². The van der Waals surface area contributed by atoms with Gasteiger partial charge in [-0.3, -0.25) is 4.57 Å². The molecule has 0 aliphatic rings. The zero-order valence-corrected chi connectivity index (χ0v) is 13.7. The molecule has 3 nitrogen and oxygen atoms in total. The Balaban J connectivity index is 2.39. The molecule has 0 saturated carbocycles. The van der Waals surface area contributed by atoms with Gasteiger partial charge in [-0.15, -0.1) is 11.6 Å². The van der Waals surface area contributed by atoms with Crippen LogP contribution in [0.1, 0.15) is 23.7 Å². The predicted molar refractivity (Wildman–Crippen MR) is 87.9 cm³/mol. The van der Waals surface area contributed by atoms with Crippen molar-refractivity contribution in [2.45, 2.75) is 19.2 Å². The summed E-state index contributed by atoms with van der Waals surface area (Å²) >= 11 is 18.5. The third-order valence-electron chi connectivity index (χ3n) is 3.24. The second-order valence-electron chi connectivity index (χ2n) is 4.85. The average molecular weight is 341 g/mol. The van der Waals surface area contributed by atoms with E-state index in [-0.39, 0.29) is 5.38 Å². The van der Waals surface area contributed by atoms with Crippen LogP contribution in [0.2, 0.25) is 10.0 Å². The highest BCUT2D eigenvalue weighted by molar-refractivity contribution is 6.34. The lowest BCUT2D eigenvalue weighted by Gasteiger charge is -2.11. The van der Waals surface area contributed by atoms with Gasteiger partial charge in [-0.1, -0.05) is 23.2 Å². The van der Waals surface area contributed by atoms with Crippen molar-refractivity contribution < 1.29 is 0 Å².